The number of nitrogens with one attached hydrogen (secondary N) is 2. The molecule has 0 radical (unpaired) electrons. The number of ether oxygens (including phenoxy) is 3. The Kier molecular flexibility index (Phi) is 20.8. The molecule has 7 atom stereocenters. The average Bonchev–Trinajstić information content (AvgIpc) is 3.69. The van der Waals surface area contributed by atoms with Crippen molar-refractivity contribution in [2.75, 3.05) is 40.0 Å². The van der Waals surface area contributed by atoms with Crippen LogP contribution in [0.1, 0.15) is 77.3 Å². The number of fused-ring (bicyclic) bond motifs is 3. The highest BCUT2D eigenvalue weighted by Crippen LogP contribution is 2.44. The van der Waals surface area contributed by atoms with Crippen molar-refractivity contribution >= 4 is 53.2 Å². The second-order valence-electron chi connectivity index (χ2n) is 21.1. The van der Waals surface area contributed by atoms with E-state index in [1.807, 2.05) is 97.1 Å². The van der Waals surface area contributed by atoms with E-state index in [-0.39, 0.29) is 61.5 Å². The summed E-state index contributed by atoms with van der Waals surface area (Å²) in [5.41, 5.74) is 4.31. The van der Waals surface area contributed by atoms with Crippen molar-refractivity contribution in [3.05, 3.63) is 120 Å². The monoisotopic (exact) mass is 1180 g/mol. The Balaban J connectivity index is 0.826. The Morgan fingerprint density at radius 3 is 1.52 bits per heavy atom. The molecule has 21 nitrogen and oxygen atoms in total. The van der Waals surface area contributed by atoms with E-state index in [1.165, 1.54) is 35.5 Å². The van der Waals surface area contributed by atoms with Crippen molar-refractivity contribution in [2.24, 2.45) is 5.92 Å². The van der Waals surface area contributed by atoms with Gasteiger partial charge in [-0.15, -0.1) is 10.2 Å². The molecule has 0 bridgehead atoms. The lowest BCUT2D eigenvalue weighted by atomic mass is 9.98. The van der Waals surface area contributed by atoms with Crippen LogP contribution in [0.25, 0.3) is 11.1 Å². The van der Waals surface area contributed by atoms with Gasteiger partial charge >= 0.3 is 6.09 Å². The van der Waals surface area contributed by atoms with Gasteiger partial charge in [-0.2, -0.15) is 0 Å². The third-order valence-electron chi connectivity index (χ3n) is 15.2. The van der Waals surface area contributed by atoms with Gasteiger partial charge in [0.25, 0.3) is 0 Å². The first-order valence-corrected chi connectivity index (χ1v) is 29.9. The normalized spacial score (nSPS) is 17.1. The Labute approximate surface area is 497 Å². The fourth-order valence-electron chi connectivity index (χ4n) is 10.4. The van der Waals surface area contributed by atoms with Crippen LogP contribution in [0.15, 0.2) is 129 Å². The van der Waals surface area contributed by atoms with E-state index in [0.29, 0.717) is 49.3 Å². The van der Waals surface area contributed by atoms with E-state index in [1.54, 1.807) is 53.8 Å². The molecule has 2 aliphatic heterocycles. The summed E-state index contributed by atoms with van der Waals surface area (Å²) >= 11 is 2.85. The number of benzene rings is 4. The summed E-state index contributed by atoms with van der Waals surface area (Å²) in [5.74, 6) is 9.20. The Bertz CT molecular complexity index is 3330. The number of aromatic nitrogens is 8. The summed E-state index contributed by atoms with van der Waals surface area (Å²) in [6.07, 6.45) is 0.553. The maximum absolute atomic E-state index is 14.8. The molecule has 6 aromatic rings. The van der Waals surface area contributed by atoms with Crippen molar-refractivity contribution in [3.8, 4) is 34.8 Å². The highest BCUT2D eigenvalue weighted by atomic mass is 32.2. The molecule has 84 heavy (non-hydrogen) atoms. The van der Waals surface area contributed by atoms with Crippen molar-refractivity contribution in [2.45, 2.75) is 142 Å². The molecule has 5 amide bonds. The van der Waals surface area contributed by atoms with E-state index in [9.17, 15) is 24.0 Å². The van der Waals surface area contributed by atoms with Gasteiger partial charge in [0.15, 0.2) is 0 Å². The summed E-state index contributed by atoms with van der Waals surface area (Å²) in [5, 5.41) is 31.8. The van der Waals surface area contributed by atoms with Crippen LogP contribution in [0.3, 0.4) is 0 Å². The maximum Gasteiger partial charge on any atom is 0.410 e. The molecule has 4 heterocycles. The number of likely N-dealkylation sites (tertiary alicyclic amines) is 2. The highest BCUT2D eigenvalue weighted by molar-refractivity contribution is 7.99. The van der Waals surface area contributed by atoms with Gasteiger partial charge in [-0.3, -0.25) is 24.1 Å². The smallest absolute Gasteiger partial charge is 0.410 e. The molecular formula is C61H69N13O8S2. The number of hydrogen-bond acceptors (Lipinski definition) is 16. The Hall–Kier alpha value is -8.09. The topological polar surface area (TPSA) is 234 Å². The third kappa shape index (κ3) is 15.0. The minimum atomic E-state index is -1.19. The molecular weight excluding hydrogens is 1110 g/mol. The molecule has 4 aromatic carbocycles. The number of amides is 5. The summed E-state index contributed by atoms with van der Waals surface area (Å²) in [6, 6.07) is 31.9. The van der Waals surface area contributed by atoms with Gasteiger partial charge in [0, 0.05) is 41.8 Å². The molecule has 9 rings (SSSR count). The molecule has 0 saturated carbocycles. The van der Waals surface area contributed by atoms with Crippen molar-refractivity contribution in [3.63, 3.8) is 0 Å². The Morgan fingerprint density at radius 1 is 0.619 bits per heavy atom. The highest BCUT2D eigenvalue weighted by Gasteiger charge is 2.41. The van der Waals surface area contributed by atoms with Gasteiger partial charge in [0.1, 0.15) is 37.9 Å². The molecule has 3 aliphatic rings. The molecule has 1 aliphatic carbocycles. The van der Waals surface area contributed by atoms with Crippen LogP contribution in [0.5, 0.6) is 0 Å². The van der Waals surface area contributed by atoms with Crippen LogP contribution in [-0.2, 0) is 46.5 Å². The molecule has 0 spiro atoms. The SMILES string of the molecule is CC(C)C(=O)N[C@H](C(=O)N1CCCC1Cn1nnnc1Sc1ccccc1)[C@@H](C)OCC#CC#CCOC(C)[C@H](NC(=O)[C@H](C)N(C)C(=O)OCC1c2ccccc2-c2ccccc21)C(=O)N1CCC[C@H]1Cn1nnnc1Sc1ccccc1. The molecule has 2 unspecified atom stereocenters. The van der Waals surface area contributed by atoms with Gasteiger partial charge in [0.2, 0.25) is 33.9 Å². The van der Waals surface area contributed by atoms with Crippen LogP contribution in [0, 0.1) is 29.6 Å². The first kappa shape index (κ1) is 60.5. The van der Waals surface area contributed by atoms with E-state index in [4.69, 9.17) is 14.2 Å². The quantitative estimate of drug-likeness (QED) is 0.0665. The summed E-state index contributed by atoms with van der Waals surface area (Å²) in [4.78, 5) is 76.8. The van der Waals surface area contributed by atoms with E-state index in [2.05, 4.69) is 77.5 Å². The van der Waals surface area contributed by atoms with Gasteiger partial charge in [-0.05, 0) is 149 Å². The average molecular weight is 1180 g/mol. The molecule has 2 N–H and O–H groups in total. The predicted molar refractivity (Wildman–Crippen MR) is 314 cm³/mol. The number of carbonyl (C=O) groups is 5. The van der Waals surface area contributed by atoms with Crippen LogP contribution in [0.2, 0.25) is 0 Å². The van der Waals surface area contributed by atoms with Crippen LogP contribution in [0.4, 0.5) is 4.79 Å². The first-order chi connectivity index (χ1) is 40.7. The summed E-state index contributed by atoms with van der Waals surface area (Å²) in [6.45, 7) is 9.95. The molecule has 2 aromatic heterocycles. The third-order valence-corrected chi connectivity index (χ3v) is 17.2. The zero-order valence-electron chi connectivity index (χ0n) is 47.9. The second-order valence-corrected chi connectivity index (χ2v) is 23.2. The lowest BCUT2D eigenvalue weighted by Crippen LogP contribution is -2.58. The number of tetrazole rings is 2. The van der Waals surface area contributed by atoms with Crippen LogP contribution >= 0.6 is 23.5 Å². The van der Waals surface area contributed by atoms with E-state index < -0.39 is 42.3 Å². The van der Waals surface area contributed by atoms with Crippen LogP contribution in [-0.4, -0.2) is 167 Å². The molecule has 438 valence electrons. The largest absolute Gasteiger partial charge is 0.448 e. The molecule has 23 heteroatoms. The number of rotatable bonds is 23. The fraction of sp³-hybridized carbons (Fsp3) is 0.426. The number of carbonyl (C=O) groups excluding carboxylic acids is 5. The minimum Gasteiger partial charge on any atom is -0.448 e. The number of hydrogen-bond donors (Lipinski definition) is 2. The van der Waals surface area contributed by atoms with E-state index >= 15 is 0 Å². The van der Waals surface area contributed by atoms with Gasteiger partial charge in [-0.25, -0.2) is 14.2 Å². The van der Waals surface area contributed by atoms with Crippen molar-refractivity contribution in [1.29, 1.82) is 0 Å². The lowest BCUT2D eigenvalue weighted by Gasteiger charge is -2.33. The zero-order chi connectivity index (χ0) is 59.1. The fourth-order valence-corrected chi connectivity index (χ4v) is 12.0. The van der Waals surface area contributed by atoms with E-state index in [0.717, 1.165) is 44.9 Å². The number of likely N-dealkylation sites (N-methyl/N-ethyl adjacent to an activating group) is 1. The minimum absolute atomic E-state index is 0.0687. The maximum atomic E-state index is 14.8. The lowest BCUT2D eigenvalue weighted by molar-refractivity contribution is -0.142. The van der Waals surface area contributed by atoms with Gasteiger partial charge in [0.05, 0.1) is 37.4 Å². The Morgan fingerprint density at radius 2 is 1.06 bits per heavy atom. The number of nitrogens with zero attached hydrogens (tertiary/aromatic N) is 11. The summed E-state index contributed by atoms with van der Waals surface area (Å²) < 4.78 is 21.5. The molecule has 2 saturated heterocycles. The van der Waals surface area contributed by atoms with Crippen molar-refractivity contribution in [1.82, 2.24) is 65.7 Å². The first-order valence-electron chi connectivity index (χ1n) is 28.2. The standard InChI is InChI=1S/C61H69N13O8S2/c1-40(2)55(75)62-53(57(77)71-33-21-23-44(71)37-73-59(64-66-68-73)83-46-25-11-9-12-26-46)42(4)80-35-19-7-8-20-36-81-43(5)54(58(78)72-34-22-24-45(72)38-74-60(65-67-69-74)84-47-27-13-10-14-28-47)63-56(76)41(3)70(6)61(79)82-39-52-50-31-17-15-29-48(50)49-30-16-18-32-51(49)52/h9-18,25-32,40-45,52-54H,21-24,33-39H2,1-6H3,(H,62,75)(H,63,76)/t41-,42+,43?,44?,45-,53-,54-/m0/s1. The van der Waals surface area contributed by atoms with Gasteiger partial charge < -0.3 is 34.6 Å². The van der Waals surface area contributed by atoms with Gasteiger partial charge in [-0.1, -0.05) is 111 Å². The van der Waals surface area contributed by atoms with Crippen molar-refractivity contribution < 1.29 is 38.2 Å². The molecule has 2 fully saturated rings. The zero-order valence-corrected chi connectivity index (χ0v) is 49.5. The second kappa shape index (κ2) is 28.9. The summed E-state index contributed by atoms with van der Waals surface area (Å²) in [7, 11) is 1.49. The van der Waals surface area contributed by atoms with Crippen LogP contribution < -0.4 is 10.6 Å². The predicted octanol–water partition coefficient (Wildman–Crippen LogP) is 6.36.